The lowest BCUT2D eigenvalue weighted by Crippen LogP contribution is -2.01. The number of carbonyl (C=O) groups is 1. The van der Waals surface area contributed by atoms with Gasteiger partial charge in [0.05, 0.1) is 15.6 Å². The number of anilines is 1. The highest BCUT2D eigenvalue weighted by Crippen LogP contribution is 2.25. The van der Waals surface area contributed by atoms with Crippen LogP contribution in [0.2, 0.25) is 5.02 Å². The van der Waals surface area contributed by atoms with Gasteiger partial charge in [0, 0.05) is 5.56 Å². The van der Waals surface area contributed by atoms with Crippen LogP contribution in [0.1, 0.15) is 15.2 Å². The molecule has 0 saturated heterocycles. The third-order valence-corrected chi connectivity index (χ3v) is 3.43. The molecular formula is C11H7ClFNOS. The number of nitrogens with two attached hydrogens (primary N) is 1. The fourth-order valence-corrected chi connectivity index (χ4v) is 2.36. The molecule has 0 spiro atoms. The quantitative estimate of drug-likeness (QED) is 0.661. The van der Waals surface area contributed by atoms with Crippen molar-refractivity contribution in [2.24, 2.45) is 0 Å². The van der Waals surface area contributed by atoms with Crippen LogP contribution >= 0.6 is 22.9 Å². The number of benzene rings is 1. The summed E-state index contributed by atoms with van der Waals surface area (Å²) in [6.45, 7) is 0. The van der Waals surface area contributed by atoms with Gasteiger partial charge in [0.25, 0.3) is 0 Å². The number of carbonyl (C=O) groups excluding carboxylic acids is 1. The van der Waals surface area contributed by atoms with Crippen molar-refractivity contribution in [1.82, 2.24) is 0 Å². The van der Waals surface area contributed by atoms with Crippen LogP contribution in [-0.4, -0.2) is 5.78 Å². The van der Waals surface area contributed by atoms with Gasteiger partial charge in [-0.3, -0.25) is 4.79 Å². The second-order valence-corrected chi connectivity index (χ2v) is 4.49. The van der Waals surface area contributed by atoms with Gasteiger partial charge in [0.15, 0.2) is 0 Å². The van der Waals surface area contributed by atoms with E-state index in [0.29, 0.717) is 9.90 Å². The van der Waals surface area contributed by atoms with Crippen molar-refractivity contribution in [2.75, 3.05) is 5.73 Å². The van der Waals surface area contributed by atoms with Crippen LogP contribution < -0.4 is 5.73 Å². The van der Waals surface area contributed by atoms with E-state index < -0.39 is 5.82 Å². The summed E-state index contributed by atoms with van der Waals surface area (Å²) in [6, 6.07) is 5.60. The SMILES string of the molecule is Nc1ccc(C(=O)c2sccc2Cl)cc1F. The first-order valence-corrected chi connectivity index (χ1v) is 5.68. The van der Waals surface area contributed by atoms with E-state index in [4.69, 9.17) is 17.3 Å². The average Bonchev–Trinajstić information content (AvgIpc) is 2.67. The molecule has 1 aromatic heterocycles. The van der Waals surface area contributed by atoms with Crippen molar-refractivity contribution in [1.29, 1.82) is 0 Å². The first-order valence-electron chi connectivity index (χ1n) is 4.42. The average molecular weight is 256 g/mol. The molecule has 0 unspecified atom stereocenters. The van der Waals surface area contributed by atoms with E-state index in [9.17, 15) is 9.18 Å². The molecule has 0 aliphatic carbocycles. The van der Waals surface area contributed by atoms with E-state index in [-0.39, 0.29) is 17.0 Å². The Morgan fingerprint density at radius 2 is 2.12 bits per heavy atom. The first-order chi connectivity index (χ1) is 7.59. The van der Waals surface area contributed by atoms with Crippen molar-refractivity contribution in [3.63, 3.8) is 0 Å². The Balaban J connectivity index is 2.42. The Morgan fingerprint density at radius 3 is 2.69 bits per heavy atom. The minimum atomic E-state index is -0.599. The minimum absolute atomic E-state index is 0.0221. The standard InChI is InChI=1S/C11H7ClFNOS/c12-7-3-4-16-11(7)10(15)6-1-2-9(14)8(13)5-6/h1-5H,14H2. The molecule has 0 atom stereocenters. The molecule has 2 nitrogen and oxygen atoms in total. The third-order valence-electron chi connectivity index (χ3n) is 2.09. The fourth-order valence-electron chi connectivity index (χ4n) is 1.26. The van der Waals surface area contributed by atoms with Gasteiger partial charge in [-0.25, -0.2) is 4.39 Å². The number of hydrogen-bond donors (Lipinski definition) is 1. The molecular weight excluding hydrogens is 249 g/mol. The van der Waals surface area contributed by atoms with Gasteiger partial charge in [-0.2, -0.15) is 0 Å². The maximum atomic E-state index is 13.2. The Bertz CT molecular complexity index is 553. The molecule has 16 heavy (non-hydrogen) atoms. The maximum Gasteiger partial charge on any atom is 0.204 e. The van der Waals surface area contributed by atoms with Crippen LogP contribution in [0.5, 0.6) is 0 Å². The zero-order chi connectivity index (χ0) is 11.7. The highest BCUT2D eigenvalue weighted by atomic mass is 35.5. The molecule has 0 amide bonds. The normalized spacial score (nSPS) is 10.4. The molecule has 0 bridgehead atoms. The molecule has 2 aromatic rings. The van der Waals surface area contributed by atoms with Gasteiger partial charge in [0.2, 0.25) is 5.78 Å². The van der Waals surface area contributed by atoms with E-state index in [0.717, 1.165) is 6.07 Å². The van der Waals surface area contributed by atoms with E-state index in [1.165, 1.54) is 23.5 Å². The fraction of sp³-hybridized carbons (Fsp3) is 0. The first kappa shape index (κ1) is 11.1. The molecule has 1 heterocycles. The van der Waals surface area contributed by atoms with Crippen molar-refractivity contribution in [3.05, 3.63) is 50.9 Å². The zero-order valence-electron chi connectivity index (χ0n) is 8.04. The molecule has 1 aromatic carbocycles. The zero-order valence-corrected chi connectivity index (χ0v) is 9.61. The van der Waals surface area contributed by atoms with Gasteiger partial charge in [-0.15, -0.1) is 11.3 Å². The van der Waals surface area contributed by atoms with Gasteiger partial charge in [0.1, 0.15) is 5.82 Å². The van der Waals surface area contributed by atoms with Gasteiger partial charge in [-0.05, 0) is 29.6 Å². The molecule has 5 heteroatoms. The number of nitrogen functional groups attached to an aromatic ring is 1. The van der Waals surface area contributed by atoms with Crippen LogP contribution in [0, 0.1) is 5.82 Å². The second-order valence-electron chi connectivity index (χ2n) is 3.16. The molecule has 82 valence electrons. The summed E-state index contributed by atoms with van der Waals surface area (Å²) in [7, 11) is 0. The Labute approximate surface area is 100 Å². The topological polar surface area (TPSA) is 43.1 Å². The summed E-state index contributed by atoms with van der Waals surface area (Å²) in [5.74, 6) is -0.891. The lowest BCUT2D eigenvalue weighted by molar-refractivity contribution is 0.104. The second kappa shape index (κ2) is 4.23. The van der Waals surface area contributed by atoms with Crippen molar-refractivity contribution < 1.29 is 9.18 Å². The lowest BCUT2D eigenvalue weighted by atomic mass is 10.1. The van der Waals surface area contributed by atoms with E-state index >= 15 is 0 Å². The predicted octanol–water partition coefficient (Wildman–Crippen LogP) is 3.35. The summed E-state index contributed by atoms with van der Waals surface area (Å²) >= 11 is 7.05. The van der Waals surface area contributed by atoms with Gasteiger partial charge >= 0.3 is 0 Å². The van der Waals surface area contributed by atoms with Gasteiger partial charge < -0.3 is 5.73 Å². The Kier molecular flexibility index (Phi) is 2.94. The molecule has 2 N–H and O–H groups in total. The largest absolute Gasteiger partial charge is 0.396 e. The lowest BCUT2D eigenvalue weighted by Gasteiger charge is -2.01. The highest BCUT2D eigenvalue weighted by Gasteiger charge is 2.15. The summed E-state index contributed by atoms with van der Waals surface area (Å²) in [5, 5.41) is 2.09. The Morgan fingerprint density at radius 1 is 1.38 bits per heavy atom. The van der Waals surface area contributed by atoms with Crippen LogP contribution in [-0.2, 0) is 0 Å². The van der Waals surface area contributed by atoms with E-state index in [1.54, 1.807) is 11.4 Å². The number of rotatable bonds is 2. The predicted molar refractivity (Wildman–Crippen MR) is 63.6 cm³/mol. The van der Waals surface area contributed by atoms with Crippen molar-refractivity contribution >= 4 is 34.4 Å². The number of ketones is 1. The molecule has 0 saturated carbocycles. The van der Waals surface area contributed by atoms with Crippen molar-refractivity contribution in [3.8, 4) is 0 Å². The molecule has 0 fully saturated rings. The molecule has 0 aliphatic heterocycles. The van der Waals surface area contributed by atoms with E-state index in [2.05, 4.69) is 0 Å². The number of halogens is 2. The van der Waals surface area contributed by atoms with Crippen LogP contribution in [0.4, 0.5) is 10.1 Å². The smallest absolute Gasteiger partial charge is 0.204 e. The summed E-state index contributed by atoms with van der Waals surface area (Å²) < 4.78 is 13.2. The summed E-state index contributed by atoms with van der Waals surface area (Å²) in [5.41, 5.74) is 5.60. The summed E-state index contributed by atoms with van der Waals surface area (Å²) in [4.78, 5) is 12.3. The molecule has 0 aliphatic rings. The number of thiophene rings is 1. The van der Waals surface area contributed by atoms with Crippen LogP contribution in [0.15, 0.2) is 29.6 Å². The van der Waals surface area contributed by atoms with Crippen molar-refractivity contribution in [2.45, 2.75) is 0 Å². The molecule has 2 rings (SSSR count). The minimum Gasteiger partial charge on any atom is -0.396 e. The maximum absolute atomic E-state index is 13.2. The van der Waals surface area contributed by atoms with E-state index in [1.807, 2.05) is 0 Å². The monoisotopic (exact) mass is 255 g/mol. The molecule has 0 radical (unpaired) electrons. The van der Waals surface area contributed by atoms with Gasteiger partial charge in [-0.1, -0.05) is 11.6 Å². The number of hydrogen-bond acceptors (Lipinski definition) is 3. The van der Waals surface area contributed by atoms with Crippen LogP contribution in [0.25, 0.3) is 0 Å². The summed E-state index contributed by atoms with van der Waals surface area (Å²) in [6.07, 6.45) is 0. The Hall–Kier alpha value is -1.39. The van der Waals surface area contributed by atoms with Crippen LogP contribution in [0.3, 0.4) is 0 Å². The third kappa shape index (κ3) is 1.94. The highest BCUT2D eigenvalue weighted by molar-refractivity contribution is 7.13.